The van der Waals surface area contributed by atoms with E-state index in [0.717, 1.165) is 22.5 Å². The number of aromatic nitrogens is 2. The maximum atomic E-state index is 4.51. The Hall–Kier alpha value is -1.70. The number of hydrogen-bond acceptors (Lipinski definition) is 2. The van der Waals surface area contributed by atoms with Gasteiger partial charge < -0.3 is 0 Å². The van der Waals surface area contributed by atoms with Gasteiger partial charge in [-0.2, -0.15) is 0 Å². The lowest BCUT2D eigenvalue weighted by atomic mass is 10.1. The molecule has 0 aromatic carbocycles. The maximum Gasteiger partial charge on any atom is 0.0723 e. The molecule has 0 aliphatic carbocycles. The molecule has 0 atom stereocenters. The Morgan fingerprint density at radius 2 is 1.67 bits per heavy atom. The van der Waals surface area contributed by atoms with Crippen molar-refractivity contribution in [2.45, 2.75) is 20.8 Å². The lowest BCUT2D eigenvalue weighted by Gasteiger charge is -2.04. The quantitative estimate of drug-likeness (QED) is 0.703. The van der Waals surface area contributed by atoms with E-state index in [0.29, 0.717) is 0 Å². The molecular weight excluding hydrogens is 184 g/mol. The Kier molecular flexibility index (Phi) is 2.50. The number of aryl methyl sites for hydroxylation is 3. The van der Waals surface area contributed by atoms with E-state index in [1.807, 2.05) is 26.2 Å². The molecule has 0 spiro atoms. The molecule has 0 aliphatic rings. The Labute approximate surface area is 90.0 Å². The summed E-state index contributed by atoms with van der Waals surface area (Å²) in [7, 11) is 0. The van der Waals surface area contributed by atoms with Gasteiger partial charge in [-0.3, -0.25) is 9.97 Å². The van der Waals surface area contributed by atoms with Crippen LogP contribution in [-0.2, 0) is 0 Å². The van der Waals surface area contributed by atoms with Crippen LogP contribution in [0.5, 0.6) is 0 Å². The first-order valence-electron chi connectivity index (χ1n) is 5.02. The highest BCUT2D eigenvalue weighted by Crippen LogP contribution is 2.18. The normalized spacial score (nSPS) is 10.3. The number of nitrogens with zero attached hydrogens (tertiary/aromatic N) is 2. The van der Waals surface area contributed by atoms with Crippen LogP contribution in [0.15, 0.2) is 30.6 Å². The molecule has 0 radical (unpaired) electrons. The van der Waals surface area contributed by atoms with Gasteiger partial charge in [0.2, 0.25) is 0 Å². The summed E-state index contributed by atoms with van der Waals surface area (Å²) in [6.07, 6.45) is 3.71. The van der Waals surface area contributed by atoms with Crippen molar-refractivity contribution in [3.63, 3.8) is 0 Å². The monoisotopic (exact) mass is 198 g/mol. The van der Waals surface area contributed by atoms with Crippen LogP contribution in [0.4, 0.5) is 0 Å². The lowest BCUT2D eigenvalue weighted by Crippen LogP contribution is -1.90. The summed E-state index contributed by atoms with van der Waals surface area (Å²) >= 11 is 0. The van der Waals surface area contributed by atoms with Crippen LogP contribution in [0.3, 0.4) is 0 Å². The average Bonchev–Trinajstić information content (AvgIpc) is 2.16. The van der Waals surface area contributed by atoms with Gasteiger partial charge in [-0.15, -0.1) is 0 Å². The minimum atomic E-state index is 1.00. The standard InChI is InChI=1S/C13H14N2/c1-9-4-11(3)15-13(6-9)12-5-10(2)7-14-8-12/h4-8H,1-3H3. The van der Waals surface area contributed by atoms with Crippen molar-refractivity contribution in [3.05, 3.63) is 47.4 Å². The predicted octanol–water partition coefficient (Wildman–Crippen LogP) is 3.07. The van der Waals surface area contributed by atoms with E-state index >= 15 is 0 Å². The molecule has 0 unspecified atom stereocenters. The highest BCUT2D eigenvalue weighted by Gasteiger charge is 2.01. The molecule has 15 heavy (non-hydrogen) atoms. The van der Waals surface area contributed by atoms with Crippen LogP contribution in [0.1, 0.15) is 16.8 Å². The van der Waals surface area contributed by atoms with E-state index in [-0.39, 0.29) is 0 Å². The topological polar surface area (TPSA) is 25.8 Å². The van der Waals surface area contributed by atoms with Gasteiger partial charge in [0.05, 0.1) is 5.69 Å². The number of hydrogen-bond donors (Lipinski definition) is 0. The van der Waals surface area contributed by atoms with Gasteiger partial charge in [0.25, 0.3) is 0 Å². The molecular formula is C13H14N2. The fourth-order valence-corrected chi connectivity index (χ4v) is 1.68. The van der Waals surface area contributed by atoms with Crippen LogP contribution < -0.4 is 0 Å². The zero-order chi connectivity index (χ0) is 10.8. The summed E-state index contributed by atoms with van der Waals surface area (Å²) in [6.45, 7) is 6.14. The highest BCUT2D eigenvalue weighted by atomic mass is 14.7. The minimum Gasteiger partial charge on any atom is -0.264 e. The Morgan fingerprint density at radius 1 is 0.867 bits per heavy atom. The summed E-state index contributed by atoms with van der Waals surface area (Å²) < 4.78 is 0. The van der Waals surface area contributed by atoms with Crippen molar-refractivity contribution in [2.75, 3.05) is 0 Å². The van der Waals surface area contributed by atoms with Crippen LogP contribution in [0.25, 0.3) is 11.3 Å². The van der Waals surface area contributed by atoms with Gasteiger partial charge >= 0.3 is 0 Å². The molecule has 2 heteroatoms. The molecule has 0 saturated carbocycles. The number of rotatable bonds is 1. The molecule has 0 saturated heterocycles. The molecule has 2 nitrogen and oxygen atoms in total. The maximum absolute atomic E-state index is 4.51. The van der Waals surface area contributed by atoms with Gasteiger partial charge in [-0.25, -0.2) is 0 Å². The molecule has 2 rings (SSSR count). The van der Waals surface area contributed by atoms with Crippen molar-refractivity contribution in [1.82, 2.24) is 9.97 Å². The predicted molar refractivity (Wildman–Crippen MR) is 61.7 cm³/mol. The average molecular weight is 198 g/mol. The summed E-state index contributed by atoms with van der Waals surface area (Å²) in [4.78, 5) is 8.69. The van der Waals surface area contributed by atoms with Gasteiger partial charge in [-0.1, -0.05) is 0 Å². The van der Waals surface area contributed by atoms with E-state index in [9.17, 15) is 0 Å². The smallest absolute Gasteiger partial charge is 0.0723 e. The summed E-state index contributed by atoms with van der Waals surface area (Å²) in [5, 5.41) is 0. The third-order valence-corrected chi connectivity index (χ3v) is 2.27. The molecule has 76 valence electrons. The first-order chi connectivity index (χ1) is 7.15. The van der Waals surface area contributed by atoms with Gasteiger partial charge in [-0.05, 0) is 50.1 Å². The molecule has 0 fully saturated rings. The van der Waals surface area contributed by atoms with Crippen LogP contribution in [0.2, 0.25) is 0 Å². The van der Waals surface area contributed by atoms with E-state index < -0.39 is 0 Å². The van der Waals surface area contributed by atoms with Gasteiger partial charge in [0, 0.05) is 23.7 Å². The fourth-order valence-electron chi connectivity index (χ4n) is 1.68. The first-order valence-corrected chi connectivity index (χ1v) is 5.02. The van der Waals surface area contributed by atoms with Crippen molar-refractivity contribution in [2.24, 2.45) is 0 Å². The van der Waals surface area contributed by atoms with Gasteiger partial charge in [0.1, 0.15) is 0 Å². The van der Waals surface area contributed by atoms with Crippen molar-refractivity contribution < 1.29 is 0 Å². The summed E-state index contributed by atoms with van der Waals surface area (Å²) in [6, 6.07) is 6.27. The molecule has 0 bridgehead atoms. The summed E-state index contributed by atoms with van der Waals surface area (Å²) in [5.74, 6) is 0. The lowest BCUT2D eigenvalue weighted by molar-refractivity contribution is 1.17. The Balaban J connectivity index is 2.54. The molecule has 0 aliphatic heterocycles. The second-order valence-electron chi connectivity index (χ2n) is 3.92. The van der Waals surface area contributed by atoms with Crippen molar-refractivity contribution in [3.8, 4) is 11.3 Å². The van der Waals surface area contributed by atoms with Crippen LogP contribution in [0, 0.1) is 20.8 Å². The minimum absolute atomic E-state index is 1.00. The molecule has 2 aromatic heterocycles. The summed E-state index contributed by atoms with van der Waals surface area (Å²) in [5.41, 5.74) is 5.53. The molecule has 0 N–H and O–H groups in total. The second kappa shape index (κ2) is 3.81. The van der Waals surface area contributed by atoms with E-state index in [1.54, 1.807) is 0 Å². The molecule has 0 amide bonds. The van der Waals surface area contributed by atoms with Crippen LogP contribution >= 0.6 is 0 Å². The molecule has 2 aromatic rings. The third kappa shape index (κ3) is 2.21. The van der Waals surface area contributed by atoms with Crippen molar-refractivity contribution in [1.29, 1.82) is 0 Å². The Bertz CT molecular complexity index is 469. The highest BCUT2D eigenvalue weighted by molar-refractivity contribution is 5.59. The number of pyridine rings is 2. The zero-order valence-corrected chi connectivity index (χ0v) is 9.28. The molecule has 2 heterocycles. The zero-order valence-electron chi connectivity index (χ0n) is 9.28. The van der Waals surface area contributed by atoms with E-state index in [2.05, 4.69) is 35.1 Å². The van der Waals surface area contributed by atoms with E-state index in [4.69, 9.17) is 0 Å². The largest absolute Gasteiger partial charge is 0.264 e. The fraction of sp³-hybridized carbons (Fsp3) is 0.231. The second-order valence-corrected chi connectivity index (χ2v) is 3.92. The Morgan fingerprint density at radius 3 is 2.33 bits per heavy atom. The SMILES string of the molecule is Cc1cncc(-c2cc(C)cc(C)n2)c1. The third-order valence-electron chi connectivity index (χ3n) is 2.27. The van der Waals surface area contributed by atoms with Crippen molar-refractivity contribution >= 4 is 0 Å². The van der Waals surface area contributed by atoms with Gasteiger partial charge in [0.15, 0.2) is 0 Å². The van der Waals surface area contributed by atoms with E-state index in [1.165, 1.54) is 5.56 Å². The first kappa shape index (κ1) is 9.84. The van der Waals surface area contributed by atoms with Crippen LogP contribution in [-0.4, -0.2) is 9.97 Å².